The largest absolute Gasteiger partial charge is 0.495 e. The molecule has 136 valence electrons. The fraction of sp³-hybridized carbons (Fsp3) is 0.556. The molecule has 2 aliphatic heterocycles. The Labute approximate surface area is 148 Å². The molecule has 2 saturated heterocycles. The van der Waals surface area contributed by atoms with E-state index in [9.17, 15) is 9.59 Å². The Morgan fingerprint density at radius 2 is 2.20 bits per heavy atom. The number of para-hydroxylation sites is 2. The Morgan fingerprint density at radius 1 is 1.36 bits per heavy atom. The van der Waals surface area contributed by atoms with Crippen molar-refractivity contribution in [2.24, 2.45) is 0 Å². The molecule has 0 spiro atoms. The third-order valence-electron chi connectivity index (χ3n) is 4.85. The SMILES string of the molecule is COc1ccccc1NC(=O)CCN1CCCC(N2CCNC2=O)C1. The number of urea groups is 1. The van der Waals surface area contributed by atoms with Crippen LogP contribution in [0.25, 0.3) is 0 Å². The molecule has 2 N–H and O–H groups in total. The number of rotatable bonds is 6. The average molecular weight is 346 g/mol. The lowest BCUT2D eigenvalue weighted by Crippen LogP contribution is -2.49. The Hall–Kier alpha value is -2.28. The molecular formula is C18H26N4O3. The van der Waals surface area contributed by atoms with Gasteiger partial charge in [0.25, 0.3) is 0 Å². The minimum absolute atomic E-state index is 0.0226. The first-order valence-electron chi connectivity index (χ1n) is 8.87. The van der Waals surface area contributed by atoms with Gasteiger partial charge in [0.05, 0.1) is 12.8 Å². The van der Waals surface area contributed by atoms with Gasteiger partial charge < -0.3 is 25.2 Å². The van der Waals surface area contributed by atoms with Crippen LogP contribution in [-0.2, 0) is 4.79 Å². The summed E-state index contributed by atoms with van der Waals surface area (Å²) in [5.41, 5.74) is 0.695. The molecule has 1 aromatic rings. The normalized spacial score (nSPS) is 21.1. The van der Waals surface area contributed by atoms with Gasteiger partial charge in [-0.1, -0.05) is 12.1 Å². The van der Waals surface area contributed by atoms with Crippen LogP contribution in [0.2, 0.25) is 0 Å². The van der Waals surface area contributed by atoms with Crippen LogP contribution in [0.4, 0.5) is 10.5 Å². The molecule has 2 aliphatic rings. The van der Waals surface area contributed by atoms with Gasteiger partial charge in [-0.2, -0.15) is 0 Å². The summed E-state index contributed by atoms with van der Waals surface area (Å²) >= 11 is 0. The highest BCUT2D eigenvalue weighted by Gasteiger charge is 2.31. The van der Waals surface area contributed by atoms with Crippen molar-refractivity contribution in [2.75, 3.05) is 45.2 Å². The zero-order valence-corrected chi connectivity index (χ0v) is 14.7. The molecule has 25 heavy (non-hydrogen) atoms. The Bertz CT molecular complexity index is 622. The van der Waals surface area contributed by atoms with E-state index in [-0.39, 0.29) is 18.0 Å². The number of carbonyl (C=O) groups is 2. The quantitative estimate of drug-likeness (QED) is 0.819. The molecule has 0 saturated carbocycles. The fourth-order valence-corrected chi connectivity index (χ4v) is 3.54. The van der Waals surface area contributed by atoms with E-state index in [1.54, 1.807) is 7.11 Å². The molecule has 3 rings (SSSR count). The Morgan fingerprint density at radius 3 is 2.96 bits per heavy atom. The summed E-state index contributed by atoms with van der Waals surface area (Å²) in [6, 6.07) is 7.70. The number of hydrogen-bond acceptors (Lipinski definition) is 4. The second kappa shape index (κ2) is 8.20. The monoisotopic (exact) mass is 346 g/mol. The van der Waals surface area contributed by atoms with E-state index in [1.165, 1.54) is 0 Å². The van der Waals surface area contributed by atoms with Gasteiger partial charge in [-0.05, 0) is 31.5 Å². The minimum atomic E-state index is -0.0226. The summed E-state index contributed by atoms with van der Waals surface area (Å²) in [5.74, 6) is 0.638. The first-order valence-corrected chi connectivity index (χ1v) is 8.87. The maximum atomic E-state index is 12.2. The number of piperidine rings is 1. The van der Waals surface area contributed by atoms with Crippen LogP contribution in [0.3, 0.4) is 0 Å². The number of nitrogens with zero attached hydrogens (tertiary/aromatic N) is 2. The third kappa shape index (κ3) is 4.42. The van der Waals surface area contributed by atoms with Crippen molar-refractivity contribution in [3.05, 3.63) is 24.3 Å². The number of ether oxygens (including phenoxy) is 1. The topological polar surface area (TPSA) is 73.9 Å². The first kappa shape index (κ1) is 17.5. The van der Waals surface area contributed by atoms with E-state index in [2.05, 4.69) is 15.5 Å². The van der Waals surface area contributed by atoms with Crippen molar-refractivity contribution in [1.82, 2.24) is 15.1 Å². The highest BCUT2D eigenvalue weighted by molar-refractivity contribution is 5.92. The fourth-order valence-electron chi connectivity index (χ4n) is 3.54. The Balaban J connectivity index is 1.47. The molecule has 1 aromatic carbocycles. The molecule has 0 bridgehead atoms. The van der Waals surface area contributed by atoms with Gasteiger partial charge in [0.2, 0.25) is 5.91 Å². The number of carbonyl (C=O) groups excluding carboxylic acids is 2. The van der Waals surface area contributed by atoms with Crippen molar-refractivity contribution in [3.8, 4) is 5.75 Å². The molecule has 2 heterocycles. The average Bonchev–Trinajstić information content (AvgIpc) is 3.07. The highest BCUT2D eigenvalue weighted by Crippen LogP contribution is 2.23. The Kier molecular flexibility index (Phi) is 5.75. The summed E-state index contributed by atoms with van der Waals surface area (Å²) in [6.45, 7) is 4.04. The molecule has 3 amide bonds. The van der Waals surface area contributed by atoms with Crippen LogP contribution in [0.15, 0.2) is 24.3 Å². The number of benzene rings is 1. The molecule has 1 atom stereocenters. The van der Waals surface area contributed by atoms with Gasteiger partial charge in [-0.25, -0.2) is 4.79 Å². The highest BCUT2D eigenvalue weighted by atomic mass is 16.5. The van der Waals surface area contributed by atoms with Gasteiger partial charge in [0, 0.05) is 38.6 Å². The zero-order chi connectivity index (χ0) is 17.6. The lowest BCUT2D eigenvalue weighted by atomic mass is 10.0. The lowest BCUT2D eigenvalue weighted by molar-refractivity contribution is -0.116. The van der Waals surface area contributed by atoms with Gasteiger partial charge in [-0.15, -0.1) is 0 Å². The number of anilines is 1. The summed E-state index contributed by atoms with van der Waals surface area (Å²) in [7, 11) is 1.59. The number of nitrogens with one attached hydrogen (secondary N) is 2. The van der Waals surface area contributed by atoms with Crippen molar-refractivity contribution >= 4 is 17.6 Å². The van der Waals surface area contributed by atoms with Crippen LogP contribution in [0.1, 0.15) is 19.3 Å². The van der Waals surface area contributed by atoms with Crippen molar-refractivity contribution in [3.63, 3.8) is 0 Å². The summed E-state index contributed by atoms with van der Waals surface area (Å²) in [5, 5.41) is 5.77. The molecule has 7 nitrogen and oxygen atoms in total. The summed E-state index contributed by atoms with van der Waals surface area (Å²) in [4.78, 5) is 28.3. The molecule has 1 unspecified atom stereocenters. The van der Waals surface area contributed by atoms with Crippen LogP contribution in [0, 0.1) is 0 Å². The summed E-state index contributed by atoms with van der Waals surface area (Å²) in [6.07, 6.45) is 2.52. The smallest absolute Gasteiger partial charge is 0.317 e. The number of methoxy groups -OCH3 is 1. The predicted octanol–water partition coefficient (Wildman–Crippen LogP) is 1.51. The standard InChI is InChI=1S/C18H26N4O3/c1-25-16-7-3-2-6-15(16)20-17(23)8-11-21-10-4-5-14(13-21)22-12-9-19-18(22)24/h2-3,6-7,14H,4-5,8-13H2,1H3,(H,19,24)(H,20,23). The second-order valence-electron chi connectivity index (χ2n) is 6.52. The van der Waals surface area contributed by atoms with Gasteiger partial charge in [0.15, 0.2) is 0 Å². The molecule has 0 radical (unpaired) electrons. The van der Waals surface area contributed by atoms with E-state index in [0.29, 0.717) is 24.4 Å². The van der Waals surface area contributed by atoms with Crippen LogP contribution >= 0.6 is 0 Å². The van der Waals surface area contributed by atoms with Gasteiger partial charge in [-0.3, -0.25) is 4.79 Å². The van der Waals surface area contributed by atoms with Gasteiger partial charge in [0.1, 0.15) is 5.75 Å². The minimum Gasteiger partial charge on any atom is -0.495 e. The maximum absolute atomic E-state index is 12.2. The van der Waals surface area contributed by atoms with E-state index in [0.717, 1.165) is 39.0 Å². The van der Waals surface area contributed by atoms with Gasteiger partial charge >= 0.3 is 6.03 Å². The molecule has 2 fully saturated rings. The van der Waals surface area contributed by atoms with Crippen molar-refractivity contribution in [1.29, 1.82) is 0 Å². The van der Waals surface area contributed by atoms with E-state index < -0.39 is 0 Å². The summed E-state index contributed by atoms with van der Waals surface area (Å²) < 4.78 is 5.25. The lowest BCUT2D eigenvalue weighted by Gasteiger charge is -2.36. The van der Waals surface area contributed by atoms with Crippen LogP contribution < -0.4 is 15.4 Å². The first-order chi connectivity index (χ1) is 12.2. The number of likely N-dealkylation sites (tertiary alicyclic amines) is 1. The van der Waals surface area contributed by atoms with E-state index in [4.69, 9.17) is 4.74 Å². The number of amides is 3. The third-order valence-corrected chi connectivity index (χ3v) is 4.85. The van der Waals surface area contributed by atoms with E-state index >= 15 is 0 Å². The molecular weight excluding hydrogens is 320 g/mol. The van der Waals surface area contributed by atoms with Crippen molar-refractivity contribution < 1.29 is 14.3 Å². The van der Waals surface area contributed by atoms with Crippen molar-refractivity contribution in [2.45, 2.75) is 25.3 Å². The zero-order valence-electron chi connectivity index (χ0n) is 14.7. The molecule has 7 heteroatoms. The van der Waals surface area contributed by atoms with Crippen LogP contribution in [0.5, 0.6) is 5.75 Å². The molecule has 0 aromatic heterocycles. The molecule has 0 aliphatic carbocycles. The maximum Gasteiger partial charge on any atom is 0.317 e. The number of hydrogen-bond donors (Lipinski definition) is 2. The predicted molar refractivity (Wildman–Crippen MR) is 95.8 cm³/mol. The second-order valence-corrected chi connectivity index (χ2v) is 6.52. The van der Waals surface area contributed by atoms with E-state index in [1.807, 2.05) is 29.2 Å². The van der Waals surface area contributed by atoms with Crippen LogP contribution in [-0.4, -0.2) is 67.6 Å².